The van der Waals surface area contributed by atoms with E-state index in [4.69, 9.17) is 0 Å². The highest BCUT2D eigenvalue weighted by Gasteiger charge is 2.24. The van der Waals surface area contributed by atoms with Crippen molar-refractivity contribution in [3.63, 3.8) is 0 Å². The average Bonchev–Trinajstić information content (AvgIpc) is 2.71. The second-order valence-electron chi connectivity index (χ2n) is 3.31. The standard InChI is InChI=1S/C10H10N2/c1-2-9-8(4-6-11-9)10-7(1)3-5-12-10/h2,4,6,12H,1,3,5H2. The molecule has 0 aromatic rings. The molecule has 0 amide bonds. The van der Waals surface area contributed by atoms with Gasteiger partial charge in [0.25, 0.3) is 0 Å². The van der Waals surface area contributed by atoms with Gasteiger partial charge in [-0.2, -0.15) is 0 Å². The van der Waals surface area contributed by atoms with Gasteiger partial charge in [0, 0.05) is 24.0 Å². The van der Waals surface area contributed by atoms with E-state index in [1.54, 1.807) is 5.57 Å². The van der Waals surface area contributed by atoms with Crippen LogP contribution in [0.1, 0.15) is 12.8 Å². The fraction of sp³-hybridized carbons (Fsp3) is 0.300. The highest BCUT2D eigenvalue weighted by atomic mass is 14.9. The van der Waals surface area contributed by atoms with Crippen LogP contribution in [-0.2, 0) is 0 Å². The summed E-state index contributed by atoms with van der Waals surface area (Å²) in [6.07, 6.45) is 8.50. The Hall–Kier alpha value is -1.31. The molecule has 1 N–H and O–H groups in total. The van der Waals surface area contributed by atoms with E-state index in [9.17, 15) is 0 Å². The zero-order valence-corrected chi connectivity index (χ0v) is 6.80. The summed E-state index contributed by atoms with van der Waals surface area (Å²) in [6, 6.07) is 0. The maximum Gasteiger partial charge on any atom is 0.0686 e. The van der Waals surface area contributed by atoms with Crippen LogP contribution in [0.5, 0.6) is 0 Å². The lowest BCUT2D eigenvalue weighted by molar-refractivity contribution is 0.879. The third-order valence-electron chi connectivity index (χ3n) is 2.62. The molecule has 2 aliphatic heterocycles. The van der Waals surface area contributed by atoms with E-state index in [0.29, 0.717) is 0 Å². The lowest BCUT2D eigenvalue weighted by Crippen LogP contribution is -2.11. The molecule has 3 aliphatic rings. The molecule has 0 saturated carbocycles. The number of hydrogen-bond donors (Lipinski definition) is 1. The number of fused-ring (bicyclic) bond motifs is 2. The van der Waals surface area contributed by atoms with E-state index in [0.717, 1.165) is 18.7 Å². The van der Waals surface area contributed by atoms with Gasteiger partial charge in [0.05, 0.1) is 5.70 Å². The third kappa shape index (κ3) is 0.670. The van der Waals surface area contributed by atoms with Crippen molar-refractivity contribution in [2.45, 2.75) is 12.8 Å². The van der Waals surface area contributed by atoms with E-state index < -0.39 is 0 Å². The first-order valence-corrected chi connectivity index (χ1v) is 4.36. The minimum absolute atomic E-state index is 1.09. The predicted octanol–water partition coefficient (Wildman–Crippen LogP) is 1.53. The van der Waals surface area contributed by atoms with Crippen molar-refractivity contribution in [2.75, 3.05) is 6.54 Å². The number of hydrogen-bond acceptors (Lipinski definition) is 2. The molecule has 0 bridgehead atoms. The maximum absolute atomic E-state index is 4.29. The molecule has 0 atom stereocenters. The van der Waals surface area contributed by atoms with Crippen LogP contribution in [0.3, 0.4) is 0 Å². The van der Waals surface area contributed by atoms with Crippen molar-refractivity contribution in [1.29, 1.82) is 0 Å². The van der Waals surface area contributed by atoms with Crippen LogP contribution in [0.4, 0.5) is 0 Å². The van der Waals surface area contributed by atoms with Crippen molar-refractivity contribution < 1.29 is 0 Å². The molecule has 60 valence electrons. The first-order valence-electron chi connectivity index (χ1n) is 4.36. The van der Waals surface area contributed by atoms with E-state index in [-0.39, 0.29) is 0 Å². The summed E-state index contributed by atoms with van der Waals surface area (Å²) in [5.74, 6) is 0. The molecule has 0 fully saturated rings. The van der Waals surface area contributed by atoms with Crippen LogP contribution < -0.4 is 5.32 Å². The highest BCUT2D eigenvalue weighted by molar-refractivity contribution is 5.82. The molecule has 0 spiro atoms. The maximum atomic E-state index is 4.29. The summed E-state index contributed by atoms with van der Waals surface area (Å²) in [5.41, 5.74) is 5.36. The number of nitrogens with zero attached hydrogens (tertiary/aromatic N) is 1. The van der Waals surface area contributed by atoms with Gasteiger partial charge in [-0.1, -0.05) is 6.08 Å². The number of allylic oxidation sites excluding steroid dienone is 2. The van der Waals surface area contributed by atoms with Crippen molar-refractivity contribution >= 4 is 6.21 Å². The van der Waals surface area contributed by atoms with E-state index in [2.05, 4.69) is 22.5 Å². The predicted molar refractivity (Wildman–Crippen MR) is 48.9 cm³/mol. The Morgan fingerprint density at radius 3 is 3.42 bits per heavy atom. The van der Waals surface area contributed by atoms with Gasteiger partial charge >= 0.3 is 0 Å². The monoisotopic (exact) mass is 158 g/mol. The Balaban J connectivity index is 2.11. The molecular weight excluding hydrogens is 148 g/mol. The lowest BCUT2D eigenvalue weighted by Gasteiger charge is -2.13. The molecule has 0 unspecified atom stereocenters. The number of rotatable bonds is 0. The normalized spacial score (nSPS) is 24.7. The van der Waals surface area contributed by atoms with Gasteiger partial charge in [-0.3, -0.25) is 4.99 Å². The molecule has 0 aromatic heterocycles. The van der Waals surface area contributed by atoms with E-state index in [1.165, 1.54) is 17.7 Å². The third-order valence-corrected chi connectivity index (χ3v) is 2.62. The molecule has 2 nitrogen and oxygen atoms in total. The molecule has 0 saturated heterocycles. The SMILES string of the molecule is C1=NC2=CCC3=C(NCC3)C2=C1. The van der Waals surface area contributed by atoms with Crippen LogP contribution in [-0.4, -0.2) is 12.8 Å². The van der Waals surface area contributed by atoms with Gasteiger partial charge in [0.1, 0.15) is 0 Å². The summed E-state index contributed by atoms with van der Waals surface area (Å²) >= 11 is 0. The molecule has 2 heteroatoms. The van der Waals surface area contributed by atoms with E-state index >= 15 is 0 Å². The Bertz CT molecular complexity index is 356. The van der Waals surface area contributed by atoms with Gasteiger partial charge in [-0.05, 0) is 24.5 Å². The van der Waals surface area contributed by atoms with Crippen molar-refractivity contribution in [3.05, 3.63) is 34.7 Å². The van der Waals surface area contributed by atoms with Gasteiger partial charge in [-0.15, -0.1) is 0 Å². The number of nitrogens with one attached hydrogen (secondary N) is 1. The Kier molecular flexibility index (Phi) is 1.09. The first kappa shape index (κ1) is 6.23. The Morgan fingerprint density at radius 2 is 2.42 bits per heavy atom. The Morgan fingerprint density at radius 1 is 1.42 bits per heavy atom. The molecule has 2 heterocycles. The van der Waals surface area contributed by atoms with Crippen molar-refractivity contribution in [1.82, 2.24) is 5.32 Å². The average molecular weight is 158 g/mol. The van der Waals surface area contributed by atoms with Crippen LogP contribution in [0, 0.1) is 0 Å². The second kappa shape index (κ2) is 2.09. The van der Waals surface area contributed by atoms with Gasteiger partial charge in [0.15, 0.2) is 0 Å². The Labute approximate surface area is 71.4 Å². The minimum Gasteiger partial charge on any atom is -0.384 e. The van der Waals surface area contributed by atoms with Crippen molar-refractivity contribution in [2.24, 2.45) is 4.99 Å². The zero-order chi connectivity index (χ0) is 7.97. The van der Waals surface area contributed by atoms with Crippen LogP contribution in [0.25, 0.3) is 0 Å². The zero-order valence-electron chi connectivity index (χ0n) is 6.80. The summed E-state index contributed by atoms with van der Waals surface area (Å²) in [5, 5.41) is 3.42. The van der Waals surface area contributed by atoms with Crippen LogP contribution in [0.2, 0.25) is 0 Å². The smallest absolute Gasteiger partial charge is 0.0686 e. The lowest BCUT2D eigenvalue weighted by atomic mass is 9.97. The summed E-state index contributed by atoms with van der Waals surface area (Å²) < 4.78 is 0. The topological polar surface area (TPSA) is 24.4 Å². The van der Waals surface area contributed by atoms with Crippen LogP contribution >= 0.6 is 0 Å². The van der Waals surface area contributed by atoms with Gasteiger partial charge in [0.2, 0.25) is 0 Å². The highest BCUT2D eigenvalue weighted by Crippen LogP contribution is 2.34. The minimum atomic E-state index is 1.09. The summed E-state index contributed by atoms with van der Waals surface area (Å²) in [7, 11) is 0. The quantitative estimate of drug-likeness (QED) is 0.568. The summed E-state index contributed by atoms with van der Waals surface area (Å²) in [6.45, 7) is 1.10. The molecular formula is C10H10N2. The molecule has 0 radical (unpaired) electrons. The van der Waals surface area contributed by atoms with Crippen molar-refractivity contribution in [3.8, 4) is 0 Å². The first-order chi connectivity index (χ1) is 5.95. The fourth-order valence-corrected chi connectivity index (χ4v) is 2.02. The molecule has 1 aliphatic carbocycles. The second-order valence-corrected chi connectivity index (χ2v) is 3.31. The molecule has 0 aromatic carbocycles. The molecule has 12 heavy (non-hydrogen) atoms. The number of aliphatic imine (C=N–C) groups is 1. The van der Waals surface area contributed by atoms with E-state index in [1.807, 2.05) is 6.21 Å². The largest absolute Gasteiger partial charge is 0.384 e. The molecule has 3 rings (SSSR count). The van der Waals surface area contributed by atoms with Crippen LogP contribution in [0.15, 0.2) is 39.7 Å². The fourth-order valence-electron chi connectivity index (χ4n) is 2.02. The van der Waals surface area contributed by atoms with Gasteiger partial charge < -0.3 is 5.32 Å². The van der Waals surface area contributed by atoms with Gasteiger partial charge in [-0.25, -0.2) is 0 Å². The summed E-state index contributed by atoms with van der Waals surface area (Å²) in [4.78, 5) is 4.29.